The van der Waals surface area contributed by atoms with Gasteiger partial charge >= 0.3 is 5.97 Å². The summed E-state index contributed by atoms with van der Waals surface area (Å²) >= 11 is 0. The van der Waals surface area contributed by atoms with Crippen LogP contribution >= 0.6 is 0 Å². The number of hydrogen-bond acceptors (Lipinski definition) is 2. The molecule has 1 aromatic carbocycles. The van der Waals surface area contributed by atoms with Gasteiger partial charge in [-0.3, -0.25) is 4.79 Å². The van der Waals surface area contributed by atoms with Gasteiger partial charge < -0.3 is 10.0 Å². The maximum atomic E-state index is 10.8. The molecule has 0 radical (unpaired) electrons. The minimum atomic E-state index is -0.654. The first-order valence-electron chi connectivity index (χ1n) is 7.24. The third-order valence-electron chi connectivity index (χ3n) is 4.15. The summed E-state index contributed by atoms with van der Waals surface area (Å²) < 4.78 is 0. The summed E-state index contributed by atoms with van der Waals surface area (Å²) in [6.45, 7) is 3.20. The van der Waals surface area contributed by atoms with Crippen LogP contribution in [0.1, 0.15) is 39.0 Å². The monoisotopic (exact) mass is 261 g/mol. The van der Waals surface area contributed by atoms with Gasteiger partial charge in [0, 0.05) is 24.7 Å². The van der Waals surface area contributed by atoms with Crippen molar-refractivity contribution in [3.05, 3.63) is 30.3 Å². The van der Waals surface area contributed by atoms with E-state index < -0.39 is 5.97 Å². The molecule has 3 nitrogen and oxygen atoms in total. The Balaban J connectivity index is 1.94. The number of carboxylic acid groups (broad SMARTS) is 1. The molecular formula is C16H23NO2. The molecule has 0 unspecified atom stereocenters. The molecule has 3 heteroatoms. The van der Waals surface area contributed by atoms with E-state index >= 15 is 0 Å². The van der Waals surface area contributed by atoms with Crippen molar-refractivity contribution in [2.24, 2.45) is 5.92 Å². The van der Waals surface area contributed by atoms with Gasteiger partial charge in [-0.2, -0.15) is 0 Å². The fraction of sp³-hybridized carbons (Fsp3) is 0.562. The van der Waals surface area contributed by atoms with Crippen molar-refractivity contribution in [3.63, 3.8) is 0 Å². The van der Waals surface area contributed by atoms with Crippen molar-refractivity contribution >= 4 is 11.7 Å². The second-order valence-electron chi connectivity index (χ2n) is 5.39. The second kappa shape index (κ2) is 6.60. The van der Waals surface area contributed by atoms with Crippen LogP contribution in [0, 0.1) is 5.92 Å². The highest BCUT2D eigenvalue weighted by molar-refractivity contribution is 5.67. The van der Waals surface area contributed by atoms with Gasteiger partial charge in [-0.15, -0.1) is 0 Å². The van der Waals surface area contributed by atoms with Crippen molar-refractivity contribution < 1.29 is 9.90 Å². The normalized spacial score (nSPS) is 23.0. The third kappa shape index (κ3) is 3.72. The van der Waals surface area contributed by atoms with Gasteiger partial charge in [0.15, 0.2) is 0 Å². The summed E-state index contributed by atoms with van der Waals surface area (Å²) in [4.78, 5) is 13.2. The summed E-state index contributed by atoms with van der Waals surface area (Å²) in [5.41, 5.74) is 1.28. The van der Waals surface area contributed by atoms with E-state index in [1.807, 2.05) is 6.07 Å². The van der Waals surface area contributed by atoms with Crippen molar-refractivity contribution in [2.45, 2.75) is 45.1 Å². The van der Waals surface area contributed by atoms with Gasteiger partial charge in [0.25, 0.3) is 0 Å². The molecule has 19 heavy (non-hydrogen) atoms. The van der Waals surface area contributed by atoms with Gasteiger partial charge in [-0.25, -0.2) is 0 Å². The molecule has 0 aromatic heterocycles. The zero-order chi connectivity index (χ0) is 13.7. The molecule has 0 saturated heterocycles. The summed E-state index contributed by atoms with van der Waals surface area (Å²) in [5.74, 6) is -0.276. The number of nitrogens with zero attached hydrogens (tertiary/aromatic N) is 1. The van der Waals surface area contributed by atoms with Crippen LogP contribution in [0.25, 0.3) is 0 Å². The van der Waals surface area contributed by atoms with Crippen LogP contribution in [0.5, 0.6) is 0 Å². The standard InChI is InChI=1S/C16H23NO2/c1-2-17(14-6-4-3-5-7-14)15-10-8-13(9-11-15)12-16(18)19/h3-7,13,15H,2,8-12H2,1H3,(H,18,19). The Morgan fingerprint density at radius 3 is 2.37 bits per heavy atom. The zero-order valence-electron chi connectivity index (χ0n) is 11.6. The first-order chi connectivity index (χ1) is 9.20. The summed E-state index contributed by atoms with van der Waals surface area (Å²) in [7, 11) is 0. The highest BCUT2D eigenvalue weighted by Crippen LogP contribution is 2.31. The number of carbonyl (C=O) groups is 1. The van der Waals surface area contributed by atoms with E-state index in [-0.39, 0.29) is 0 Å². The van der Waals surface area contributed by atoms with E-state index in [1.54, 1.807) is 0 Å². The molecule has 1 aromatic rings. The van der Waals surface area contributed by atoms with Crippen LogP contribution in [0.2, 0.25) is 0 Å². The van der Waals surface area contributed by atoms with E-state index in [0.717, 1.165) is 32.2 Å². The first kappa shape index (κ1) is 13.9. The van der Waals surface area contributed by atoms with Gasteiger partial charge in [-0.05, 0) is 50.7 Å². The van der Waals surface area contributed by atoms with E-state index in [4.69, 9.17) is 5.11 Å². The lowest BCUT2D eigenvalue weighted by molar-refractivity contribution is -0.138. The van der Waals surface area contributed by atoms with E-state index in [2.05, 4.69) is 36.1 Å². The quantitative estimate of drug-likeness (QED) is 0.881. The maximum absolute atomic E-state index is 10.8. The minimum absolute atomic E-state index is 0.337. The minimum Gasteiger partial charge on any atom is -0.481 e. The summed E-state index contributed by atoms with van der Waals surface area (Å²) in [6, 6.07) is 11.1. The molecule has 2 rings (SSSR count). The predicted molar refractivity (Wildman–Crippen MR) is 77.5 cm³/mol. The van der Waals surface area contributed by atoms with Crippen LogP contribution in [-0.4, -0.2) is 23.7 Å². The molecule has 0 heterocycles. The van der Waals surface area contributed by atoms with Crippen molar-refractivity contribution in [3.8, 4) is 0 Å². The zero-order valence-corrected chi connectivity index (χ0v) is 11.6. The molecule has 0 spiro atoms. The van der Waals surface area contributed by atoms with Gasteiger partial charge in [0.05, 0.1) is 0 Å². The molecular weight excluding hydrogens is 238 g/mol. The van der Waals surface area contributed by atoms with Gasteiger partial charge in [0.1, 0.15) is 0 Å². The Labute approximate surface area is 115 Å². The lowest BCUT2D eigenvalue weighted by Gasteiger charge is -2.37. The molecule has 0 aliphatic heterocycles. The van der Waals surface area contributed by atoms with Crippen molar-refractivity contribution in [1.82, 2.24) is 0 Å². The van der Waals surface area contributed by atoms with Gasteiger partial charge in [-0.1, -0.05) is 18.2 Å². The molecule has 1 fully saturated rings. The van der Waals surface area contributed by atoms with Crippen LogP contribution in [0.3, 0.4) is 0 Å². The number of carboxylic acids is 1. The highest BCUT2D eigenvalue weighted by Gasteiger charge is 2.26. The number of aliphatic carboxylic acids is 1. The largest absolute Gasteiger partial charge is 0.481 e. The third-order valence-corrected chi connectivity index (χ3v) is 4.15. The Kier molecular flexibility index (Phi) is 4.83. The molecule has 0 bridgehead atoms. The molecule has 1 aliphatic rings. The number of para-hydroxylation sites is 1. The SMILES string of the molecule is CCN(c1ccccc1)C1CCC(CC(=O)O)CC1. The number of anilines is 1. The average Bonchev–Trinajstić information content (AvgIpc) is 2.42. The summed E-state index contributed by atoms with van der Waals surface area (Å²) in [5, 5.41) is 8.85. The lowest BCUT2D eigenvalue weighted by Crippen LogP contribution is -2.38. The van der Waals surface area contributed by atoms with Crippen LogP contribution < -0.4 is 4.90 Å². The van der Waals surface area contributed by atoms with Crippen molar-refractivity contribution in [1.29, 1.82) is 0 Å². The lowest BCUT2D eigenvalue weighted by atomic mass is 9.83. The topological polar surface area (TPSA) is 40.5 Å². The molecule has 0 amide bonds. The molecule has 0 atom stereocenters. The number of hydrogen-bond donors (Lipinski definition) is 1. The summed E-state index contributed by atoms with van der Waals surface area (Å²) in [6.07, 6.45) is 4.64. The number of rotatable bonds is 5. The van der Waals surface area contributed by atoms with Crippen LogP contribution in [0.4, 0.5) is 5.69 Å². The fourth-order valence-corrected chi connectivity index (χ4v) is 3.18. The first-order valence-corrected chi connectivity index (χ1v) is 7.24. The Bertz CT molecular complexity index is 396. The van der Waals surface area contributed by atoms with Crippen LogP contribution in [0.15, 0.2) is 30.3 Å². The second-order valence-corrected chi connectivity index (χ2v) is 5.39. The maximum Gasteiger partial charge on any atom is 0.303 e. The van der Waals surface area contributed by atoms with Crippen molar-refractivity contribution in [2.75, 3.05) is 11.4 Å². The van der Waals surface area contributed by atoms with Crippen LogP contribution in [-0.2, 0) is 4.79 Å². The highest BCUT2D eigenvalue weighted by atomic mass is 16.4. The van der Waals surface area contributed by atoms with E-state index in [1.165, 1.54) is 5.69 Å². The molecule has 1 saturated carbocycles. The van der Waals surface area contributed by atoms with E-state index in [0.29, 0.717) is 18.4 Å². The number of benzene rings is 1. The molecule has 104 valence electrons. The van der Waals surface area contributed by atoms with Gasteiger partial charge in [0.2, 0.25) is 0 Å². The Hall–Kier alpha value is -1.51. The fourth-order valence-electron chi connectivity index (χ4n) is 3.18. The Morgan fingerprint density at radius 2 is 1.84 bits per heavy atom. The molecule has 1 aliphatic carbocycles. The Morgan fingerprint density at radius 1 is 1.21 bits per heavy atom. The smallest absolute Gasteiger partial charge is 0.303 e. The molecule has 1 N–H and O–H groups in total. The van der Waals surface area contributed by atoms with E-state index in [9.17, 15) is 4.79 Å². The average molecular weight is 261 g/mol. The predicted octanol–water partition coefficient (Wildman–Crippen LogP) is 3.55.